The first-order valence-electron chi connectivity index (χ1n) is 10.3. The molecule has 0 aliphatic carbocycles. The predicted octanol–water partition coefficient (Wildman–Crippen LogP) is 6.74. The van der Waals surface area contributed by atoms with E-state index in [1.54, 1.807) is 53.4 Å². The van der Waals surface area contributed by atoms with Gasteiger partial charge in [0.05, 0.1) is 10.6 Å². The topological polar surface area (TPSA) is 91.2 Å². The third-order valence-corrected chi connectivity index (χ3v) is 5.52. The van der Waals surface area contributed by atoms with Crippen LogP contribution < -0.4 is 0 Å². The Hall–Kier alpha value is -4.49. The number of nitro benzene ring substituents is 1. The molecule has 0 N–H and O–H groups in total. The molecular weight excluding hydrogens is 454 g/mol. The number of hydrogen-bond acceptors (Lipinski definition) is 5. The zero-order valence-electron chi connectivity index (χ0n) is 17.6. The van der Waals surface area contributed by atoms with E-state index in [-0.39, 0.29) is 11.5 Å². The van der Waals surface area contributed by atoms with Gasteiger partial charge >= 0.3 is 0 Å². The lowest BCUT2D eigenvalue weighted by Gasteiger charge is -2.00. The molecule has 0 radical (unpaired) electrons. The number of nitrogens with zero attached hydrogens (tertiary/aromatic N) is 3. The third kappa shape index (κ3) is 4.24. The summed E-state index contributed by atoms with van der Waals surface area (Å²) in [5.41, 5.74) is 3.03. The molecule has 166 valence electrons. The summed E-state index contributed by atoms with van der Waals surface area (Å²) in [4.78, 5) is 23.2. The maximum absolute atomic E-state index is 12.7. The van der Waals surface area contributed by atoms with E-state index >= 15 is 0 Å². The summed E-state index contributed by atoms with van der Waals surface area (Å²) < 4.78 is 7.60. The fourth-order valence-electron chi connectivity index (χ4n) is 3.53. The average molecular weight is 470 g/mol. The molecule has 0 amide bonds. The van der Waals surface area contributed by atoms with Crippen LogP contribution in [0.15, 0.2) is 95.6 Å². The summed E-state index contributed by atoms with van der Waals surface area (Å²) in [5, 5.41) is 17.1. The largest absolute Gasteiger partial charge is 0.454 e. The number of benzene rings is 3. The number of para-hydroxylation sites is 1. The van der Waals surface area contributed by atoms with Gasteiger partial charge in [0.15, 0.2) is 11.5 Å². The highest BCUT2D eigenvalue weighted by molar-refractivity contribution is 6.30. The minimum absolute atomic E-state index is 0.0119. The van der Waals surface area contributed by atoms with Crippen molar-refractivity contribution in [1.29, 1.82) is 0 Å². The van der Waals surface area contributed by atoms with Crippen LogP contribution >= 0.6 is 11.6 Å². The number of nitro groups is 1. The predicted molar refractivity (Wildman–Crippen MR) is 130 cm³/mol. The van der Waals surface area contributed by atoms with E-state index in [0.29, 0.717) is 33.3 Å². The highest BCUT2D eigenvalue weighted by atomic mass is 35.5. The molecule has 0 unspecified atom stereocenters. The van der Waals surface area contributed by atoms with Gasteiger partial charge in [-0.1, -0.05) is 29.8 Å². The molecule has 0 bridgehead atoms. The number of halogens is 1. The van der Waals surface area contributed by atoms with Crippen molar-refractivity contribution in [3.05, 3.63) is 117 Å². The minimum atomic E-state index is -0.455. The van der Waals surface area contributed by atoms with Crippen LogP contribution in [0.2, 0.25) is 5.02 Å². The van der Waals surface area contributed by atoms with E-state index in [4.69, 9.17) is 16.0 Å². The van der Waals surface area contributed by atoms with Crippen LogP contribution in [0, 0.1) is 10.1 Å². The number of allylic oxidation sites excluding steroid dienone is 1. The minimum Gasteiger partial charge on any atom is -0.454 e. The van der Waals surface area contributed by atoms with E-state index in [9.17, 15) is 14.9 Å². The maximum atomic E-state index is 12.7. The number of carbonyl (C=O) groups is 1. The first-order chi connectivity index (χ1) is 16.5. The van der Waals surface area contributed by atoms with Crippen molar-refractivity contribution >= 4 is 40.1 Å². The monoisotopic (exact) mass is 469 g/mol. The summed E-state index contributed by atoms with van der Waals surface area (Å²) in [7, 11) is 0. The van der Waals surface area contributed by atoms with Crippen LogP contribution in [0.5, 0.6) is 0 Å². The van der Waals surface area contributed by atoms with Gasteiger partial charge in [0.2, 0.25) is 0 Å². The second-order valence-electron chi connectivity index (χ2n) is 7.50. The second kappa shape index (κ2) is 8.80. The third-order valence-electron chi connectivity index (χ3n) is 5.27. The van der Waals surface area contributed by atoms with Crippen molar-refractivity contribution in [3.63, 3.8) is 0 Å². The Morgan fingerprint density at radius 1 is 1.03 bits per heavy atom. The van der Waals surface area contributed by atoms with Crippen LogP contribution in [0.1, 0.15) is 15.9 Å². The molecule has 0 spiro atoms. The SMILES string of the molecule is O=C(/C=C\c1cn(-c2ccc([N+](=O)[O-])cc2)nc1-c1cc2ccccc2o1)c1ccc(Cl)cc1. The van der Waals surface area contributed by atoms with Crippen molar-refractivity contribution < 1.29 is 14.1 Å². The van der Waals surface area contributed by atoms with Crippen molar-refractivity contribution in [1.82, 2.24) is 9.78 Å². The number of aromatic nitrogens is 2. The average Bonchev–Trinajstić information content (AvgIpc) is 3.47. The smallest absolute Gasteiger partial charge is 0.269 e. The summed E-state index contributed by atoms with van der Waals surface area (Å²) >= 11 is 5.91. The van der Waals surface area contributed by atoms with Gasteiger partial charge in [-0.15, -0.1) is 0 Å². The van der Waals surface area contributed by atoms with Gasteiger partial charge in [-0.05, 0) is 60.7 Å². The Morgan fingerprint density at radius 2 is 1.76 bits per heavy atom. The Morgan fingerprint density at radius 3 is 2.47 bits per heavy atom. The van der Waals surface area contributed by atoms with E-state index in [1.165, 1.54) is 18.2 Å². The quantitative estimate of drug-likeness (QED) is 0.119. The molecule has 5 rings (SSSR count). The molecule has 3 aromatic carbocycles. The fraction of sp³-hybridized carbons (Fsp3) is 0. The first-order valence-corrected chi connectivity index (χ1v) is 10.7. The molecule has 2 aromatic heterocycles. The molecule has 2 heterocycles. The first kappa shape index (κ1) is 21.4. The van der Waals surface area contributed by atoms with Crippen LogP contribution in [0.4, 0.5) is 5.69 Å². The van der Waals surface area contributed by atoms with Crippen LogP contribution in [0.3, 0.4) is 0 Å². The van der Waals surface area contributed by atoms with Crippen molar-refractivity contribution in [2.45, 2.75) is 0 Å². The Bertz CT molecular complexity index is 1510. The van der Waals surface area contributed by atoms with Crippen molar-refractivity contribution in [2.75, 3.05) is 0 Å². The molecule has 7 nitrogen and oxygen atoms in total. The lowest BCUT2D eigenvalue weighted by molar-refractivity contribution is -0.384. The van der Waals surface area contributed by atoms with Gasteiger partial charge in [-0.3, -0.25) is 14.9 Å². The van der Waals surface area contributed by atoms with E-state index < -0.39 is 4.92 Å². The number of carbonyl (C=O) groups excluding carboxylic acids is 1. The van der Waals surface area contributed by atoms with Gasteiger partial charge in [0.25, 0.3) is 5.69 Å². The van der Waals surface area contributed by atoms with Crippen LogP contribution in [-0.4, -0.2) is 20.5 Å². The highest BCUT2D eigenvalue weighted by Gasteiger charge is 2.16. The lowest BCUT2D eigenvalue weighted by Crippen LogP contribution is -1.95. The second-order valence-corrected chi connectivity index (χ2v) is 7.94. The molecule has 0 aliphatic heterocycles. The zero-order valence-corrected chi connectivity index (χ0v) is 18.3. The number of fused-ring (bicyclic) bond motifs is 1. The van der Waals surface area contributed by atoms with Crippen LogP contribution in [0.25, 0.3) is 34.2 Å². The van der Waals surface area contributed by atoms with Crippen molar-refractivity contribution in [2.24, 2.45) is 0 Å². The number of ketones is 1. The summed E-state index contributed by atoms with van der Waals surface area (Å²) in [5.74, 6) is 0.357. The standard InChI is InChI=1S/C26H16ClN3O4/c27-20-8-5-17(6-9-20)23(31)14-7-19-16-29(21-10-12-22(13-11-21)30(32)33)28-26(19)25-15-18-3-1-2-4-24(18)34-25/h1-16H/b14-7-. The molecule has 5 aromatic rings. The molecule has 0 aliphatic rings. The lowest BCUT2D eigenvalue weighted by atomic mass is 10.1. The normalized spacial score (nSPS) is 11.3. The molecule has 0 saturated carbocycles. The van der Waals surface area contributed by atoms with Gasteiger partial charge in [0.1, 0.15) is 11.3 Å². The molecule has 34 heavy (non-hydrogen) atoms. The zero-order chi connectivity index (χ0) is 23.7. The number of furan rings is 1. The fourth-order valence-corrected chi connectivity index (χ4v) is 3.66. The Balaban J connectivity index is 1.56. The highest BCUT2D eigenvalue weighted by Crippen LogP contribution is 2.31. The van der Waals surface area contributed by atoms with E-state index in [2.05, 4.69) is 5.10 Å². The molecular formula is C26H16ClN3O4. The maximum Gasteiger partial charge on any atom is 0.269 e. The summed E-state index contributed by atoms with van der Waals surface area (Å²) in [6, 6.07) is 22.2. The Labute approximate surface area is 198 Å². The summed E-state index contributed by atoms with van der Waals surface area (Å²) in [6.45, 7) is 0. The van der Waals surface area contributed by atoms with Gasteiger partial charge < -0.3 is 4.42 Å². The molecule has 0 atom stereocenters. The van der Waals surface area contributed by atoms with Crippen molar-refractivity contribution in [3.8, 4) is 17.1 Å². The summed E-state index contributed by atoms with van der Waals surface area (Å²) in [6.07, 6.45) is 4.89. The van der Waals surface area contributed by atoms with Gasteiger partial charge in [-0.25, -0.2) is 4.68 Å². The molecule has 0 fully saturated rings. The van der Waals surface area contributed by atoms with E-state index in [1.807, 2.05) is 30.3 Å². The molecule has 8 heteroatoms. The number of hydrogen-bond donors (Lipinski definition) is 0. The molecule has 0 saturated heterocycles. The van der Waals surface area contributed by atoms with Crippen LogP contribution in [-0.2, 0) is 0 Å². The number of non-ortho nitro benzene ring substituents is 1. The Kier molecular flexibility index (Phi) is 5.53. The number of rotatable bonds is 6. The van der Waals surface area contributed by atoms with Gasteiger partial charge in [-0.2, -0.15) is 5.10 Å². The van der Waals surface area contributed by atoms with E-state index in [0.717, 1.165) is 11.0 Å². The van der Waals surface area contributed by atoms with Gasteiger partial charge in [0, 0.05) is 39.9 Å².